The van der Waals surface area contributed by atoms with Crippen LogP contribution in [0.25, 0.3) is 0 Å². The van der Waals surface area contributed by atoms with Crippen LogP contribution in [0.2, 0.25) is 0 Å². The molecule has 1 saturated heterocycles. The Kier molecular flexibility index (Phi) is 5.92. The molecule has 0 aliphatic carbocycles. The number of nitrogens with zero attached hydrogens (tertiary/aromatic N) is 3. The second-order valence-electron chi connectivity index (χ2n) is 6.75. The minimum absolute atomic E-state index is 0.164. The molecule has 1 aromatic heterocycles. The van der Waals surface area contributed by atoms with Crippen molar-refractivity contribution in [2.45, 2.75) is 29.4 Å². The number of rotatable bonds is 6. The lowest BCUT2D eigenvalue weighted by Crippen LogP contribution is -2.31. The van der Waals surface area contributed by atoms with Crippen molar-refractivity contribution in [3.63, 3.8) is 0 Å². The van der Waals surface area contributed by atoms with Crippen LogP contribution in [0, 0.1) is 6.92 Å². The van der Waals surface area contributed by atoms with Crippen molar-refractivity contribution in [3.05, 3.63) is 65.7 Å². The molecule has 0 saturated carbocycles. The number of aryl methyl sites for hydroxylation is 1. The molecule has 7 heteroatoms. The van der Waals surface area contributed by atoms with Crippen LogP contribution < -0.4 is 5.32 Å². The van der Waals surface area contributed by atoms with Crippen LogP contribution in [0.3, 0.4) is 0 Å². The highest BCUT2D eigenvalue weighted by Crippen LogP contribution is 2.40. The monoisotopic (exact) mass is 410 g/mol. The van der Waals surface area contributed by atoms with Crippen molar-refractivity contribution < 1.29 is 4.79 Å². The van der Waals surface area contributed by atoms with Crippen LogP contribution in [0.1, 0.15) is 29.2 Å². The molecule has 0 unspecified atom stereocenters. The molecule has 4 rings (SSSR count). The van der Waals surface area contributed by atoms with Crippen LogP contribution in [-0.2, 0) is 4.79 Å². The number of hydrogen-bond acceptors (Lipinski definition) is 6. The van der Waals surface area contributed by atoms with Gasteiger partial charge in [0.25, 0.3) is 0 Å². The number of anilines is 2. The van der Waals surface area contributed by atoms with E-state index in [1.165, 1.54) is 23.1 Å². The zero-order chi connectivity index (χ0) is 19.3. The summed E-state index contributed by atoms with van der Waals surface area (Å²) in [5.41, 5.74) is 3.18. The Balaban J connectivity index is 1.53. The number of carbonyl (C=O) groups excluding carboxylic acids is 1. The van der Waals surface area contributed by atoms with Crippen LogP contribution in [0.5, 0.6) is 0 Å². The van der Waals surface area contributed by atoms with Gasteiger partial charge in [-0.15, -0.1) is 10.2 Å². The largest absolute Gasteiger partial charge is 0.341 e. The second-order valence-corrected chi connectivity index (χ2v) is 9.08. The van der Waals surface area contributed by atoms with E-state index in [0.29, 0.717) is 0 Å². The molecule has 1 aliphatic rings. The van der Waals surface area contributed by atoms with Crippen molar-refractivity contribution in [1.29, 1.82) is 0 Å². The summed E-state index contributed by atoms with van der Waals surface area (Å²) in [6, 6.07) is 18.0. The van der Waals surface area contributed by atoms with Crippen LogP contribution >= 0.6 is 23.1 Å². The van der Waals surface area contributed by atoms with Crippen molar-refractivity contribution in [2.75, 3.05) is 18.4 Å². The Morgan fingerprint density at radius 2 is 1.79 bits per heavy atom. The molecule has 1 N–H and O–H groups in total. The van der Waals surface area contributed by atoms with Crippen molar-refractivity contribution in [1.82, 2.24) is 15.1 Å². The first kappa shape index (κ1) is 19.0. The summed E-state index contributed by atoms with van der Waals surface area (Å²) in [7, 11) is 0. The summed E-state index contributed by atoms with van der Waals surface area (Å²) >= 11 is 2.96. The molecule has 1 fully saturated rings. The van der Waals surface area contributed by atoms with Gasteiger partial charge in [-0.25, -0.2) is 0 Å². The van der Waals surface area contributed by atoms with Gasteiger partial charge in [-0.05, 0) is 37.0 Å². The predicted octanol–water partition coefficient (Wildman–Crippen LogP) is 5.05. The Bertz CT molecular complexity index is 938. The summed E-state index contributed by atoms with van der Waals surface area (Å²) in [6.07, 6.45) is 2.17. The molecule has 0 radical (unpaired) electrons. The van der Waals surface area contributed by atoms with Crippen LogP contribution in [-0.4, -0.2) is 34.1 Å². The maximum Gasteiger partial charge on any atom is 0.240 e. The minimum atomic E-state index is -0.293. The van der Waals surface area contributed by atoms with E-state index in [9.17, 15) is 4.79 Å². The average molecular weight is 411 g/mol. The number of amides is 1. The number of para-hydroxylation sites is 1. The van der Waals surface area contributed by atoms with Crippen molar-refractivity contribution >= 4 is 39.8 Å². The highest BCUT2D eigenvalue weighted by Gasteiger charge is 2.29. The third kappa shape index (κ3) is 4.36. The lowest BCUT2D eigenvalue weighted by atomic mass is 10.1. The number of thioether (sulfide) groups is 1. The topological polar surface area (TPSA) is 58.1 Å². The summed E-state index contributed by atoms with van der Waals surface area (Å²) in [6.45, 7) is 3.75. The zero-order valence-electron chi connectivity index (χ0n) is 15.7. The fourth-order valence-corrected chi connectivity index (χ4v) is 5.27. The van der Waals surface area contributed by atoms with Gasteiger partial charge in [0.05, 0.1) is 0 Å². The summed E-state index contributed by atoms with van der Waals surface area (Å²) in [5, 5.41) is 12.3. The molecule has 144 valence electrons. The Labute approximate surface area is 173 Å². The molecule has 1 aliphatic heterocycles. The summed E-state index contributed by atoms with van der Waals surface area (Å²) in [4.78, 5) is 15.1. The van der Waals surface area contributed by atoms with E-state index in [-0.39, 0.29) is 11.2 Å². The van der Waals surface area contributed by atoms with Crippen molar-refractivity contribution in [2.24, 2.45) is 0 Å². The summed E-state index contributed by atoms with van der Waals surface area (Å²) < 4.78 is 0.789. The van der Waals surface area contributed by atoms with Gasteiger partial charge in [0.2, 0.25) is 11.0 Å². The molecule has 5 nitrogen and oxygen atoms in total. The molecular formula is C21H22N4OS2. The number of nitrogens with one attached hydrogen (secondary N) is 1. The normalized spacial score (nSPS) is 14.8. The van der Waals surface area contributed by atoms with Gasteiger partial charge < -0.3 is 10.2 Å². The highest BCUT2D eigenvalue weighted by atomic mass is 32.2. The van der Waals surface area contributed by atoms with Gasteiger partial charge in [0, 0.05) is 18.8 Å². The van der Waals surface area contributed by atoms with Gasteiger partial charge in [0.1, 0.15) is 5.25 Å². The highest BCUT2D eigenvalue weighted by molar-refractivity contribution is 8.01. The van der Waals surface area contributed by atoms with E-state index in [4.69, 9.17) is 0 Å². The molecule has 1 amide bonds. The average Bonchev–Trinajstić information content (AvgIpc) is 3.40. The molecule has 0 bridgehead atoms. The number of hydrogen-bond donors (Lipinski definition) is 1. The van der Waals surface area contributed by atoms with Crippen molar-refractivity contribution in [3.8, 4) is 0 Å². The number of benzene rings is 2. The number of carbonyl (C=O) groups is 1. The van der Waals surface area contributed by atoms with E-state index in [0.717, 1.165) is 52.2 Å². The molecule has 28 heavy (non-hydrogen) atoms. The number of aromatic nitrogens is 2. The molecule has 0 spiro atoms. The zero-order valence-corrected chi connectivity index (χ0v) is 17.3. The summed E-state index contributed by atoms with van der Waals surface area (Å²) in [5.74, 6) is 0.164. The van der Waals surface area contributed by atoms with E-state index in [1.807, 2.05) is 53.4 Å². The van der Waals surface area contributed by atoms with Crippen LogP contribution in [0.4, 0.5) is 10.8 Å². The van der Waals surface area contributed by atoms with Gasteiger partial charge >= 0.3 is 0 Å². The first-order valence-electron chi connectivity index (χ1n) is 9.37. The maximum absolute atomic E-state index is 13.1. The van der Waals surface area contributed by atoms with E-state index < -0.39 is 0 Å². The SMILES string of the molecule is Cc1ccccc1Nc1nnc(S[C@H](C(=O)N2CCCC2)c2ccccc2)s1. The Morgan fingerprint density at radius 3 is 2.54 bits per heavy atom. The molecular weight excluding hydrogens is 388 g/mol. The first-order chi connectivity index (χ1) is 13.7. The lowest BCUT2D eigenvalue weighted by molar-refractivity contribution is -0.129. The van der Waals surface area contributed by atoms with E-state index >= 15 is 0 Å². The quantitative estimate of drug-likeness (QED) is 0.577. The first-order valence-corrected chi connectivity index (χ1v) is 11.1. The fourth-order valence-electron chi connectivity index (χ4n) is 3.23. The van der Waals surface area contributed by atoms with Gasteiger partial charge in [-0.3, -0.25) is 4.79 Å². The number of likely N-dealkylation sites (tertiary alicyclic amines) is 1. The van der Waals surface area contributed by atoms with Gasteiger partial charge in [-0.1, -0.05) is 71.6 Å². The molecule has 2 heterocycles. The molecule has 1 atom stereocenters. The fraction of sp³-hybridized carbons (Fsp3) is 0.286. The second kappa shape index (κ2) is 8.75. The lowest BCUT2D eigenvalue weighted by Gasteiger charge is -2.22. The van der Waals surface area contributed by atoms with Gasteiger partial charge in [0.15, 0.2) is 4.34 Å². The Hall–Kier alpha value is -2.38. The standard InChI is InChI=1S/C21H22N4OS2/c1-15-9-5-6-12-17(15)22-20-23-24-21(28-20)27-18(16-10-3-2-4-11-16)19(26)25-13-7-8-14-25/h2-6,9-12,18H,7-8,13-14H2,1H3,(H,22,23)/t18-/m0/s1. The molecule has 3 aromatic rings. The molecule has 2 aromatic carbocycles. The van der Waals surface area contributed by atoms with E-state index in [2.05, 4.69) is 28.5 Å². The van der Waals surface area contributed by atoms with Gasteiger partial charge in [-0.2, -0.15) is 0 Å². The maximum atomic E-state index is 13.1. The Morgan fingerprint density at radius 1 is 1.07 bits per heavy atom. The predicted molar refractivity (Wildman–Crippen MR) is 115 cm³/mol. The minimum Gasteiger partial charge on any atom is -0.341 e. The third-order valence-electron chi connectivity index (χ3n) is 4.76. The third-order valence-corrected chi connectivity index (χ3v) is 6.92. The van der Waals surface area contributed by atoms with Crippen LogP contribution in [0.15, 0.2) is 58.9 Å². The smallest absolute Gasteiger partial charge is 0.240 e. The van der Waals surface area contributed by atoms with E-state index in [1.54, 1.807) is 0 Å².